The maximum Gasteiger partial charge on any atom is 0.418 e. The number of alkyl halides is 3. The number of hydrogen-bond donors (Lipinski definition) is 2. The average Bonchev–Trinajstić information content (AvgIpc) is 2.59. The zero-order valence-electron chi connectivity index (χ0n) is 13.5. The second kappa shape index (κ2) is 7.98. The fourth-order valence-electron chi connectivity index (χ4n) is 2.13. The number of benzene rings is 2. The summed E-state index contributed by atoms with van der Waals surface area (Å²) in [6.07, 6.45) is -4.48. The van der Waals surface area contributed by atoms with E-state index >= 15 is 0 Å². The van der Waals surface area contributed by atoms with Crippen LogP contribution < -0.4 is 15.5 Å². The summed E-state index contributed by atoms with van der Waals surface area (Å²) in [5.74, 6) is 0.631. The van der Waals surface area contributed by atoms with Crippen LogP contribution in [-0.2, 0) is 6.18 Å². The summed E-state index contributed by atoms with van der Waals surface area (Å²) < 4.78 is 44.2. The van der Waals surface area contributed by atoms with Crippen molar-refractivity contribution >= 4 is 28.7 Å². The summed E-state index contributed by atoms with van der Waals surface area (Å²) in [6.45, 7) is 1.73. The van der Waals surface area contributed by atoms with Crippen molar-refractivity contribution in [1.82, 2.24) is 5.43 Å². The minimum absolute atomic E-state index is 0.0500. The van der Waals surface area contributed by atoms with E-state index in [1.165, 1.54) is 18.2 Å². The van der Waals surface area contributed by atoms with Gasteiger partial charge in [0.2, 0.25) is 0 Å². The van der Waals surface area contributed by atoms with Crippen molar-refractivity contribution in [3.8, 4) is 5.75 Å². The lowest BCUT2D eigenvalue weighted by Gasteiger charge is -2.14. The fourth-order valence-corrected chi connectivity index (χ4v) is 2.28. The minimum Gasteiger partial charge on any atom is -0.496 e. The monoisotopic (exact) mass is 367 g/mol. The van der Waals surface area contributed by atoms with Crippen LogP contribution in [-0.4, -0.2) is 17.9 Å². The van der Waals surface area contributed by atoms with E-state index in [1.54, 1.807) is 20.1 Å². The van der Waals surface area contributed by atoms with E-state index in [0.29, 0.717) is 11.5 Å². The molecular formula is C17H16F3N3OS. The van der Waals surface area contributed by atoms with E-state index in [1.807, 2.05) is 18.2 Å². The van der Waals surface area contributed by atoms with Crippen LogP contribution in [0.25, 0.3) is 0 Å². The first-order valence-corrected chi connectivity index (χ1v) is 7.64. The topological polar surface area (TPSA) is 45.6 Å². The molecule has 0 unspecified atom stereocenters. The van der Waals surface area contributed by atoms with Gasteiger partial charge in [-0.05, 0) is 43.4 Å². The summed E-state index contributed by atoms with van der Waals surface area (Å²) in [7, 11) is 1.54. The predicted octanol–water partition coefficient (Wildman–Crippen LogP) is 4.42. The van der Waals surface area contributed by atoms with E-state index in [0.717, 1.165) is 11.6 Å². The molecule has 0 bridgehead atoms. The Morgan fingerprint density at radius 2 is 1.72 bits per heavy atom. The number of anilines is 1. The van der Waals surface area contributed by atoms with E-state index < -0.39 is 11.7 Å². The Kier molecular flexibility index (Phi) is 5.97. The molecule has 0 fully saturated rings. The summed E-state index contributed by atoms with van der Waals surface area (Å²) in [4.78, 5) is 0. The van der Waals surface area contributed by atoms with E-state index in [-0.39, 0.29) is 10.8 Å². The maximum atomic E-state index is 13.0. The molecule has 0 heterocycles. The molecule has 2 rings (SSSR count). The standard InChI is InChI=1S/C17H16F3N3OS/c1-11(12-7-3-6-10-15(12)24-2)22-23-16(25)21-14-9-5-4-8-13(14)17(18,19)20/h3-10H,1-2H3,(H2,21,23,25)/b22-11+. The summed E-state index contributed by atoms with van der Waals surface area (Å²) in [6, 6.07) is 12.3. The van der Waals surface area contributed by atoms with Crippen LogP contribution in [0.15, 0.2) is 53.6 Å². The van der Waals surface area contributed by atoms with E-state index in [4.69, 9.17) is 17.0 Å². The van der Waals surface area contributed by atoms with Crippen LogP contribution in [0.3, 0.4) is 0 Å². The van der Waals surface area contributed by atoms with Gasteiger partial charge >= 0.3 is 6.18 Å². The molecule has 8 heteroatoms. The third-order valence-corrected chi connectivity index (χ3v) is 3.50. The number of methoxy groups -OCH3 is 1. The second-order valence-corrected chi connectivity index (χ2v) is 5.42. The first-order chi connectivity index (χ1) is 11.8. The Labute approximate surface area is 148 Å². The Bertz CT molecular complexity index is 791. The number of para-hydroxylation sites is 2. The van der Waals surface area contributed by atoms with Gasteiger partial charge in [0.15, 0.2) is 5.11 Å². The van der Waals surface area contributed by atoms with Crippen molar-refractivity contribution in [3.05, 3.63) is 59.7 Å². The largest absolute Gasteiger partial charge is 0.496 e. The van der Waals surface area contributed by atoms with Crippen molar-refractivity contribution in [1.29, 1.82) is 0 Å². The number of thiocarbonyl (C=S) groups is 1. The van der Waals surface area contributed by atoms with Crippen LogP contribution in [0, 0.1) is 0 Å². The molecule has 0 amide bonds. The lowest BCUT2D eigenvalue weighted by atomic mass is 10.1. The molecule has 2 aromatic rings. The molecule has 0 aliphatic carbocycles. The van der Waals surface area contributed by atoms with Crippen molar-refractivity contribution in [2.75, 3.05) is 12.4 Å². The molecule has 0 saturated carbocycles. The summed E-state index contributed by atoms with van der Waals surface area (Å²) in [5, 5.41) is 6.56. The van der Waals surface area contributed by atoms with E-state index in [2.05, 4.69) is 15.8 Å². The predicted molar refractivity (Wildman–Crippen MR) is 96.0 cm³/mol. The van der Waals surface area contributed by atoms with Gasteiger partial charge in [0.1, 0.15) is 5.75 Å². The van der Waals surface area contributed by atoms with Gasteiger partial charge < -0.3 is 10.1 Å². The van der Waals surface area contributed by atoms with Crippen molar-refractivity contribution in [3.63, 3.8) is 0 Å². The first-order valence-electron chi connectivity index (χ1n) is 7.24. The normalized spacial score (nSPS) is 11.8. The summed E-state index contributed by atoms with van der Waals surface area (Å²) in [5.41, 5.74) is 2.92. The highest BCUT2D eigenvalue weighted by Crippen LogP contribution is 2.34. The highest BCUT2D eigenvalue weighted by Gasteiger charge is 2.33. The molecule has 0 atom stereocenters. The van der Waals surface area contributed by atoms with Gasteiger partial charge in [0.25, 0.3) is 0 Å². The third kappa shape index (κ3) is 4.93. The third-order valence-electron chi connectivity index (χ3n) is 3.30. The highest BCUT2D eigenvalue weighted by atomic mass is 32.1. The molecule has 0 radical (unpaired) electrons. The number of hydrazone groups is 1. The molecule has 4 nitrogen and oxygen atoms in total. The molecule has 0 saturated heterocycles. The van der Waals surface area contributed by atoms with E-state index in [9.17, 15) is 13.2 Å². The number of hydrogen-bond acceptors (Lipinski definition) is 3. The smallest absolute Gasteiger partial charge is 0.418 e. The van der Waals surface area contributed by atoms with Crippen LogP contribution in [0.5, 0.6) is 5.75 Å². The van der Waals surface area contributed by atoms with Crippen LogP contribution >= 0.6 is 12.2 Å². The molecule has 0 aliphatic heterocycles. The lowest BCUT2D eigenvalue weighted by Crippen LogP contribution is -2.26. The van der Waals surface area contributed by atoms with Crippen LogP contribution in [0.1, 0.15) is 18.1 Å². The van der Waals surface area contributed by atoms with Gasteiger partial charge in [-0.1, -0.05) is 24.3 Å². The van der Waals surface area contributed by atoms with Gasteiger partial charge in [0.05, 0.1) is 24.1 Å². The van der Waals surface area contributed by atoms with Gasteiger partial charge in [-0.2, -0.15) is 18.3 Å². The van der Waals surface area contributed by atoms with Crippen LogP contribution in [0.4, 0.5) is 18.9 Å². The molecule has 2 N–H and O–H groups in total. The molecular weight excluding hydrogens is 351 g/mol. The quantitative estimate of drug-likeness (QED) is 0.477. The minimum atomic E-state index is -4.48. The zero-order chi connectivity index (χ0) is 18.4. The Morgan fingerprint density at radius 1 is 1.08 bits per heavy atom. The number of nitrogens with one attached hydrogen (secondary N) is 2. The Balaban J connectivity index is 2.11. The van der Waals surface area contributed by atoms with Gasteiger partial charge in [-0.15, -0.1) is 0 Å². The second-order valence-electron chi connectivity index (χ2n) is 5.01. The Morgan fingerprint density at radius 3 is 2.40 bits per heavy atom. The molecule has 132 valence electrons. The lowest BCUT2D eigenvalue weighted by molar-refractivity contribution is -0.136. The zero-order valence-corrected chi connectivity index (χ0v) is 14.3. The van der Waals surface area contributed by atoms with Crippen molar-refractivity contribution < 1.29 is 17.9 Å². The first kappa shape index (κ1) is 18.7. The number of halogens is 3. The van der Waals surface area contributed by atoms with Crippen molar-refractivity contribution in [2.45, 2.75) is 13.1 Å². The Hall–Kier alpha value is -2.61. The van der Waals surface area contributed by atoms with Crippen LogP contribution in [0.2, 0.25) is 0 Å². The number of ether oxygens (including phenoxy) is 1. The number of nitrogens with zero attached hydrogens (tertiary/aromatic N) is 1. The number of rotatable bonds is 4. The average molecular weight is 367 g/mol. The molecule has 0 aliphatic rings. The molecule has 2 aromatic carbocycles. The SMILES string of the molecule is COc1ccccc1/C(C)=N/NC(=S)Nc1ccccc1C(F)(F)F. The highest BCUT2D eigenvalue weighted by molar-refractivity contribution is 7.80. The molecule has 25 heavy (non-hydrogen) atoms. The van der Waals surface area contributed by atoms with Gasteiger partial charge in [-0.25, -0.2) is 0 Å². The van der Waals surface area contributed by atoms with Crippen molar-refractivity contribution in [2.24, 2.45) is 5.10 Å². The molecule has 0 aromatic heterocycles. The molecule has 0 spiro atoms. The fraction of sp³-hybridized carbons (Fsp3) is 0.176. The maximum absolute atomic E-state index is 13.0. The summed E-state index contributed by atoms with van der Waals surface area (Å²) >= 11 is 5.02. The van der Waals surface area contributed by atoms with Gasteiger partial charge in [-0.3, -0.25) is 5.43 Å². The van der Waals surface area contributed by atoms with Gasteiger partial charge in [0, 0.05) is 5.56 Å².